The number of carbonyl (C=O) groups excluding carboxylic acids is 4. The number of aliphatic carboxylic acids is 2. The zero-order chi connectivity index (χ0) is 44.6. The molecule has 0 aromatic carbocycles. The fourth-order valence-corrected chi connectivity index (χ4v) is 6.49. The minimum Gasteiger partial charge on any atom is -0.481 e. The van der Waals surface area contributed by atoms with E-state index in [0.717, 1.165) is 38.5 Å². The second-order valence-electron chi connectivity index (χ2n) is 15.6. The van der Waals surface area contributed by atoms with Gasteiger partial charge in [0.25, 0.3) is 0 Å². The molecule has 0 saturated carbocycles. The quantitative estimate of drug-likeness (QED) is 0.0515. The Morgan fingerprint density at radius 2 is 1.16 bits per heavy atom. The highest BCUT2D eigenvalue weighted by Crippen LogP contribution is 2.16. The molecule has 0 unspecified atom stereocenters. The number of unbranched alkanes of at least 4 members (excludes halogenated alkanes) is 14. The standard InChI is InChI=1S/C44H76N5O12/c45-39(31-37-32-46-35-49-37)40(51)30-36(44(56)57)18-15-16-22-47-42(53)34-61-29-26-58-24-17-19-38(50)33-60-28-27-59-25-23-48-41(52)20-13-11-9-7-5-3-1-2-4-6-8-10-12-14-21-43(54)55/h32,35-36,39,45H,1-31,33-34H2,(H,46,49)(H,47,53)(H,48,52)(H,54,55)(H,56,57)/t36-,39+/m1/s1. The second-order valence-corrected chi connectivity index (χ2v) is 15.6. The molecule has 17 nitrogen and oxygen atoms in total. The number of hydrogen-bond acceptors (Lipinski definition) is 11. The van der Waals surface area contributed by atoms with E-state index in [1.807, 2.05) is 0 Å². The lowest BCUT2D eigenvalue weighted by Gasteiger charge is -2.14. The third-order valence-electron chi connectivity index (χ3n) is 10.1. The number of carboxylic acids is 2. The van der Waals surface area contributed by atoms with E-state index >= 15 is 0 Å². The summed E-state index contributed by atoms with van der Waals surface area (Å²) in [5.41, 5.74) is 8.66. The molecule has 0 saturated heterocycles. The molecule has 6 N–H and O–H groups in total. The summed E-state index contributed by atoms with van der Waals surface area (Å²) in [7, 11) is 0. The number of Topliss-reactive ketones (excluding diaryl/α,β-unsaturated/α-hetero) is 2. The number of amides is 2. The lowest BCUT2D eigenvalue weighted by atomic mass is 9.92. The molecule has 1 aromatic heterocycles. The number of carbonyl (C=O) groups is 6. The largest absolute Gasteiger partial charge is 0.481 e. The summed E-state index contributed by atoms with van der Waals surface area (Å²) in [5, 5.41) is 23.7. The van der Waals surface area contributed by atoms with Crippen LogP contribution in [0, 0.1) is 5.92 Å². The van der Waals surface area contributed by atoms with Gasteiger partial charge in [-0.15, -0.1) is 0 Å². The first-order chi connectivity index (χ1) is 29.6. The van der Waals surface area contributed by atoms with Crippen LogP contribution >= 0.6 is 0 Å². The molecule has 0 fully saturated rings. The first-order valence-corrected chi connectivity index (χ1v) is 22.6. The van der Waals surface area contributed by atoms with Gasteiger partial charge in [0, 0.05) is 63.7 Å². The zero-order valence-electron chi connectivity index (χ0n) is 36.6. The number of aromatic amines is 1. The maximum atomic E-state index is 12.3. The molecular formula is C44H76N5O12. The van der Waals surface area contributed by atoms with Crippen molar-refractivity contribution in [3.63, 3.8) is 0 Å². The highest BCUT2D eigenvalue weighted by atomic mass is 16.5. The minimum absolute atomic E-state index is 0.00221. The van der Waals surface area contributed by atoms with Gasteiger partial charge in [0.2, 0.25) is 11.8 Å². The molecule has 0 spiro atoms. The van der Waals surface area contributed by atoms with Crippen molar-refractivity contribution < 1.29 is 57.9 Å². The lowest BCUT2D eigenvalue weighted by Crippen LogP contribution is -2.30. The summed E-state index contributed by atoms with van der Waals surface area (Å²) in [4.78, 5) is 77.2. The molecule has 0 aliphatic carbocycles. The average molecular weight is 867 g/mol. The van der Waals surface area contributed by atoms with Crippen molar-refractivity contribution in [2.45, 2.75) is 154 Å². The maximum absolute atomic E-state index is 12.3. The number of hydrogen-bond donors (Lipinski definition) is 5. The van der Waals surface area contributed by atoms with Gasteiger partial charge in [-0.1, -0.05) is 83.5 Å². The molecule has 1 aromatic rings. The summed E-state index contributed by atoms with van der Waals surface area (Å²) in [6.45, 7) is 2.50. The van der Waals surface area contributed by atoms with Crippen LogP contribution in [-0.2, 0) is 54.1 Å². The van der Waals surface area contributed by atoms with Crippen molar-refractivity contribution in [2.24, 2.45) is 5.92 Å². The molecule has 61 heavy (non-hydrogen) atoms. The van der Waals surface area contributed by atoms with Crippen LogP contribution in [0.2, 0.25) is 0 Å². The highest BCUT2D eigenvalue weighted by molar-refractivity contribution is 5.87. The molecule has 349 valence electrons. The van der Waals surface area contributed by atoms with Gasteiger partial charge in [0.15, 0.2) is 11.6 Å². The van der Waals surface area contributed by atoms with Gasteiger partial charge in [-0.25, -0.2) is 10.7 Å². The van der Waals surface area contributed by atoms with Gasteiger partial charge < -0.3 is 44.8 Å². The number of nitrogens with zero attached hydrogens (tertiary/aromatic N) is 1. The third kappa shape index (κ3) is 35.5. The van der Waals surface area contributed by atoms with E-state index in [4.69, 9.17) is 29.8 Å². The van der Waals surface area contributed by atoms with Crippen LogP contribution in [0.15, 0.2) is 12.5 Å². The van der Waals surface area contributed by atoms with Crippen molar-refractivity contribution in [1.82, 2.24) is 26.3 Å². The molecule has 17 heteroatoms. The molecule has 0 aliphatic rings. The molecule has 1 radical (unpaired) electrons. The normalized spacial score (nSPS) is 12.2. The Kier molecular flexibility index (Phi) is 35.4. The highest BCUT2D eigenvalue weighted by Gasteiger charge is 2.25. The molecule has 2 atom stereocenters. The summed E-state index contributed by atoms with van der Waals surface area (Å²) >= 11 is 0. The van der Waals surface area contributed by atoms with Crippen molar-refractivity contribution >= 4 is 35.3 Å². The number of ether oxygens (including phenoxy) is 4. The summed E-state index contributed by atoms with van der Waals surface area (Å²) in [5.74, 6) is -3.38. The van der Waals surface area contributed by atoms with Crippen molar-refractivity contribution in [1.29, 1.82) is 0 Å². The Hall–Kier alpha value is -3.77. The van der Waals surface area contributed by atoms with E-state index in [9.17, 15) is 33.9 Å². The van der Waals surface area contributed by atoms with Gasteiger partial charge in [0.05, 0.1) is 51.3 Å². The first kappa shape index (κ1) is 55.2. The zero-order valence-corrected chi connectivity index (χ0v) is 36.6. The van der Waals surface area contributed by atoms with E-state index in [2.05, 4.69) is 20.6 Å². The molecule has 1 heterocycles. The van der Waals surface area contributed by atoms with E-state index in [1.54, 1.807) is 0 Å². The van der Waals surface area contributed by atoms with Crippen LogP contribution in [0.1, 0.15) is 147 Å². The van der Waals surface area contributed by atoms with Gasteiger partial charge >= 0.3 is 11.9 Å². The monoisotopic (exact) mass is 867 g/mol. The van der Waals surface area contributed by atoms with Crippen LogP contribution in [-0.4, -0.2) is 127 Å². The van der Waals surface area contributed by atoms with Gasteiger partial charge in [-0.2, -0.15) is 0 Å². The maximum Gasteiger partial charge on any atom is 0.306 e. The van der Waals surface area contributed by atoms with E-state index in [1.165, 1.54) is 63.9 Å². The Morgan fingerprint density at radius 3 is 1.75 bits per heavy atom. The van der Waals surface area contributed by atoms with Crippen molar-refractivity contribution in [3.8, 4) is 0 Å². The number of rotatable bonds is 45. The fraction of sp³-hybridized carbons (Fsp3) is 0.795. The fourth-order valence-electron chi connectivity index (χ4n) is 6.49. The molecular weight excluding hydrogens is 791 g/mol. The number of ketones is 2. The number of nitrogens with one attached hydrogen (secondary N) is 4. The molecule has 0 bridgehead atoms. The van der Waals surface area contributed by atoms with Gasteiger partial charge in [-0.05, 0) is 32.1 Å². The van der Waals surface area contributed by atoms with E-state index in [0.29, 0.717) is 70.7 Å². The number of imidazole rings is 1. The van der Waals surface area contributed by atoms with Crippen molar-refractivity contribution in [2.75, 3.05) is 65.9 Å². The van der Waals surface area contributed by atoms with Crippen LogP contribution < -0.4 is 16.4 Å². The van der Waals surface area contributed by atoms with Gasteiger partial charge in [-0.3, -0.25) is 28.8 Å². The molecule has 1 rings (SSSR count). The third-order valence-corrected chi connectivity index (χ3v) is 10.1. The summed E-state index contributed by atoms with van der Waals surface area (Å²) < 4.78 is 21.6. The second kappa shape index (κ2) is 39.1. The van der Waals surface area contributed by atoms with Crippen LogP contribution in [0.25, 0.3) is 0 Å². The van der Waals surface area contributed by atoms with Crippen molar-refractivity contribution in [3.05, 3.63) is 18.2 Å². The van der Waals surface area contributed by atoms with Gasteiger partial charge in [0.1, 0.15) is 13.2 Å². The Balaban J connectivity index is 1.83. The predicted molar refractivity (Wildman–Crippen MR) is 229 cm³/mol. The number of carboxylic acid groups (broad SMARTS) is 2. The smallest absolute Gasteiger partial charge is 0.306 e. The SMILES string of the molecule is [NH][C@@H](Cc1cnc[nH]1)C(=O)C[C@@H](CCCCNC(=O)COCCOCCCC(=O)COCCOCCNC(=O)CCCCCCCCCCCCCCCCC(=O)O)C(=O)O. The first-order valence-electron chi connectivity index (χ1n) is 22.6. The number of H-pyrrole nitrogens is 1. The molecule has 2 amide bonds. The Labute approximate surface area is 362 Å². The summed E-state index contributed by atoms with van der Waals surface area (Å²) in [6, 6.07) is -1.05. The topological polar surface area (TPSA) is 256 Å². The predicted octanol–water partition coefficient (Wildman–Crippen LogP) is 5.41. The lowest BCUT2D eigenvalue weighted by molar-refractivity contribution is -0.144. The van der Waals surface area contributed by atoms with Crippen LogP contribution in [0.3, 0.4) is 0 Å². The van der Waals surface area contributed by atoms with Crippen LogP contribution in [0.5, 0.6) is 0 Å². The average Bonchev–Trinajstić information content (AvgIpc) is 3.74. The van der Waals surface area contributed by atoms with E-state index in [-0.39, 0.29) is 76.3 Å². The van der Waals surface area contributed by atoms with E-state index < -0.39 is 29.7 Å². The Bertz CT molecular complexity index is 1300. The summed E-state index contributed by atoms with van der Waals surface area (Å²) in [6.07, 6.45) is 22.0. The Morgan fingerprint density at radius 1 is 0.607 bits per heavy atom. The minimum atomic E-state index is -1.07. The molecule has 0 aliphatic heterocycles. The van der Waals surface area contributed by atoms with Crippen LogP contribution in [0.4, 0.5) is 0 Å². The number of aromatic nitrogens is 2.